The van der Waals surface area contributed by atoms with Crippen molar-refractivity contribution < 1.29 is 14.7 Å². The Labute approximate surface area is 126 Å². The third-order valence-electron chi connectivity index (χ3n) is 4.63. The molecule has 0 bridgehead atoms. The Hall–Kier alpha value is -1.52. The second-order valence-corrected chi connectivity index (χ2v) is 6.46. The van der Waals surface area contributed by atoms with Crippen LogP contribution in [0.15, 0.2) is 12.7 Å². The molecule has 0 heterocycles. The fourth-order valence-electron chi connectivity index (χ4n) is 3.33. The zero-order valence-electron chi connectivity index (χ0n) is 12.6. The highest BCUT2D eigenvalue weighted by Gasteiger charge is 2.36. The SMILES string of the molecule is C=CCN(C(=O)NCC1(CC(=O)O)CCCCC1)C1CC1. The van der Waals surface area contributed by atoms with E-state index < -0.39 is 5.97 Å². The topological polar surface area (TPSA) is 69.6 Å². The van der Waals surface area contributed by atoms with Crippen molar-refractivity contribution in [3.63, 3.8) is 0 Å². The van der Waals surface area contributed by atoms with Gasteiger partial charge in [-0.05, 0) is 31.1 Å². The molecule has 0 aromatic rings. The minimum absolute atomic E-state index is 0.0762. The van der Waals surface area contributed by atoms with Crippen LogP contribution in [0.2, 0.25) is 0 Å². The van der Waals surface area contributed by atoms with E-state index in [1.807, 2.05) is 4.90 Å². The highest BCUT2D eigenvalue weighted by molar-refractivity contribution is 5.75. The summed E-state index contributed by atoms with van der Waals surface area (Å²) in [5, 5.41) is 12.1. The molecule has 0 spiro atoms. The van der Waals surface area contributed by atoms with E-state index in [0.717, 1.165) is 38.5 Å². The summed E-state index contributed by atoms with van der Waals surface area (Å²) in [7, 11) is 0. The number of hydrogen-bond donors (Lipinski definition) is 2. The highest BCUT2D eigenvalue weighted by Crippen LogP contribution is 2.39. The number of aliphatic carboxylic acids is 1. The normalized spacial score (nSPS) is 20.6. The first kappa shape index (κ1) is 15.9. The molecule has 2 N–H and O–H groups in total. The molecule has 0 atom stereocenters. The average Bonchev–Trinajstić information content (AvgIpc) is 3.27. The predicted octanol–water partition coefficient (Wildman–Crippen LogP) is 2.77. The second kappa shape index (κ2) is 6.96. The molecule has 2 fully saturated rings. The van der Waals surface area contributed by atoms with E-state index in [1.54, 1.807) is 6.08 Å². The van der Waals surface area contributed by atoms with Gasteiger partial charge in [0.1, 0.15) is 0 Å². The summed E-state index contributed by atoms with van der Waals surface area (Å²) in [6, 6.07) is 0.262. The van der Waals surface area contributed by atoms with Crippen LogP contribution in [-0.2, 0) is 4.79 Å². The van der Waals surface area contributed by atoms with E-state index >= 15 is 0 Å². The second-order valence-electron chi connectivity index (χ2n) is 6.46. The first-order valence-electron chi connectivity index (χ1n) is 7.93. The summed E-state index contributed by atoms with van der Waals surface area (Å²) in [4.78, 5) is 25.3. The van der Waals surface area contributed by atoms with Crippen molar-refractivity contribution in [1.29, 1.82) is 0 Å². The zero-order chi connectivity index (χ0) is 15.3. The Kier molecular flexibility index (Phi) is 5.26. The number of amides is 2. The molecular formula is C16H26N2O3. The molecule has 2 saturated carbocycles. The fraction of sp³-hybridized carbons (Fsp3) is 0.750. The van der Waals surface area contributed by atoms with Crippen molar-refractivity contribution in [3.05, 3.63) is 12.7 Å². The van der Waals surface area contributed by atoms with Gasteiger partial charge in [-0.2, -0.15) is 0 Å². The van der Waals surface area contributed by atoms with Gasteiger partial charge in [-0.1, -0.05) is 25.3 Å². The summed E-state index contributed by atoms with van der Waals surface area (Å²) in [6.45, 7) is 4.73. The van der Waals surface area contributed by atoms with Crippen LogP contribution in [0.3, 0.4) is 0 Å². The van der Waals surface area contributed by atoms with Gasteiger partial charge in [0.2, 0.25) is 0 Å². The first-order chi connectivity index (χ1) is 10.1. The molecule has 2 amide bonds. The number of urea groups is 1. The maximum absolute atomic E-state index is 12.3. The summed E-state index contributed by atoms with van der Waals surface area (Å²) >= 11 is 0. The van der Waals surface area contributed by atoms with Crippen LogP contribution in [0.5, 0.6) is 0 Å². The van der Waals surface area contributed by atoms with Crippen LogP contribution < -0.4 is 5.32 Å². The average molecular weight is 294 g/mol. The number of nitrogens with zero attached hydrogens (tertiary/aromatic N) is 1. The van der Waals surface area contributed by atoms with Gasteiger partial charge in [-0.15, -0.1) is 6.58 Å². The van der Waals surface area contributed by atoms with Gasteiger partial charge in [0.15, 0.2) is 0 Å². The Morgan fingerprint density at radius 1 is 1.29 bits per heavy atom. The molecule has 2 aliphatic carbocycles. The van der Waals surface area contributed by atoms with Crippen molar-refractivity contribution in [1.82, 2.24) is 10.2 Å². The summed E-state index contributed by atoms with van der Waals surface area (Å²) in [6.07, 6.45) is 9.08. The summed E-state index contributed by atoms with van der Waals surface area (Å²) in [5.74, 6) is -0.767. The molecule has 0 aliphatic heterocycles. The molecule has 2 rings (SSSR count). The van der Waals surface area contributed by atoms with E-state index in [4.69, 9.17) is 5.11 Å². The summed E-state index contributed by atoms with van der Waals surface area (Å²) in [5.41, 5.74) is -0.261. The standard InChI is InChI=1S/C16H26N2O3/c1-2-10-18(13-6-7-13)15(21)17-12-16(11-14(19)20)8-4-3-5-9-16/h2,13H,1,3-12H2,(H,17,21)(H,19,20). The number of carboxylic acid groups (broad SMARTS) is 1. The molecule has 118 valence electrons. The van der Waals surface area contributed by atoms with Crippen molar-refractivity contribution in [2.24, 2.45) is 5.41 Å². The molecule has 0 radical (unpaired) electrons. The minimum atomic E-state index is -0.767. The Morgan fingerprint density at radius 2 is 1.95 bits per heavy atom. The van der Waals surface area contributed by atoms with E-state index in [9.17, 15) is 9.59 Å². The van der Waals surface area contributed by atoms with Gasteiger partial charge in [0.05, 0.1) is 6.42 Å². The van der Waals surface area contributed by atoms with Crippen LogP contribution in [0.1, 0.15) is 51.4 Å². The van der Waals surface area contributed by atoms with E-state index in [1.165, 1.54) is 6.42 Å². The maximum Gasteiger partial charge on any atom is 0.317 e. The first-order valence-corrected chi connectivity index (χ1v) is 7.93. The highest BCUT2D eigenvalue weighted by atomic mass is 16.4. The van der Waals surface area contributed by atoms with Gasteiger partial charge >= 0.3 is 12.0 Å². The van der Waals surface area contributed by atoms with Crippen LogP contribution in [0.4, 0.5) is 4.79 Å². The zero-order valence-corrected chi connectivity index (χ0v) is 12.6. The van der Waals surface area contributed by atoms with E-state index in [0.29, 0.717) is 19.1 Å². The third kappa shape index (κ3) is 4.48. The Balaban J connectivity index is 1.92. The predicted molar refractivity (Wildman–Crippen MR) is 81.1 cm³/mol. The molecule has 5 nitrogen and oxygen atoms in total. The molecule has 5 heteroatoms. The number of carbonyl (C=O) groups is 2. The van der Waals surface area contributed by atoms with Crippen molar-refractivity contribution in [2.45, 2.75) is 57.4 Å². The van der Waals surface area contributed by atoms with Gasteiger partial charge in [0.25, 0.3) is 0 Å². The number of rotatable bonds is 7. The Bertz CT molecular complexity index is 398. The van der Waals surface area contributed by atoms with Crippen molar-refractivity contribution >= 4 is 12.0 Å². The molecule has 0 saturated heterocycles. The fourth-order valence-corrected chi connectivity index (χ4v) is 3.33. The smallest absolute Gasteiger partial charge is 0.317 e. The molecule has 0 aromatic heterocycles. The van der Waals surface area contributed by atoms with Gasteiger partial charge in [-0.25, -0.2) is 4.79 Å². The van der Waals surface area contributed by atoms with Crippen LogP contribution in [0.25, 0.3) is 0 Å². The number of carbonyl (C=O) groups excluding carboxylic acids is 1. The quantitative estimate of drug-likeness (QED) is 0.709. The van der Waals surface area contributed by atoms with Gasteiger partial charge in [0, 0.05) is 19.1 Å². The van der Waals surface area contributed by atoms with E-state index in [-0.39, 0.29) is 17.9 Å². The van der Waals surface area contributed by atoms with Crippen LogP contribution in [-0.4, -0.2) is 41.1 Å². The lowest BCUT2D eigenvalue weighted by Gasteiger charge is -2.37. The molecular weight excluding hydrogens is 268 g/mol. The van der Waals surface area contributed by atoms with Gasteiger partial charge in [-0.3, -0.25) is 4.79 Å². The lowest BCUT2D eigenvalue weighted by molar-refractivity contribution is -0.140. The monoisotopic (exact) mass is 294 g/mol. The van der Waals surface area contributed by atoms with Gasteiger partial charge < -0.3 is 15.3 Å². The minimum Gasteiger partial charge on any atom is -0.481 e. The largest absolute Gasteiger partial charge is 0.481 e. The third-order valence-corrected chi connectivity index (χ3v) is 4.63. The lowest BCUT2D eigenvalue weighted by atomic mass is 9.72. The van der Waals surface area contributed by atoms with Crippen LogP contribution in [0, 0.1) is 5.41 Å². The van der Waals surface area contributed by atoms with E-state index in [2.05, 4.69) is 11.9 Å². The van der Waals surface area contributed by atoms with Crippen LogP contribution >= 0.6 is 0 Å². The molecule has 2 aliphatic rings. The molecule has 0 unspecified atom stereocenters. The molecule has 21 heavy (non-hydrogen) atoms. The number of nitrogens with one attached hydrogen (secondary N) is 1. The summed E-state index contributed by atoms with van der Waals surface area (Å²) < 4.78 is 0. The molecule has 0 aromatic carbocycles. The number of carboxylic acids is 1. The maximum atomic E-state index is 12.3. The van der Waals surface area contributed by atoms with Crippen molar-refractivity contribution in [2.75, 3.05) is 13.1 Å². The number of hydrogen-bond acceptors (Lipinski definition) is 2. The lowest BCUT2D eigenvalue weighted by Crippen LogP contribution is -2.47. The Morgan fingerprint density at radius 3 is 2.48 bits per heavy atom. The van der Waals surface area contributed by atoms with Crippen molar-refractivity contribution in [3.8, 4) is 0 Å².